The van der Waals surface area contributed by atoms with Crippen molar-refractivity contribution in [3.63, 3.8) is 0 Å². The third-order valence-electron chi connectivity index (χ3n) is 5.43. The molecule has 0 aromatic heterocycles. The van der Waals surface area contributed by atoms with Crippen LogP contribution >= 0.6 is 0 Å². The Hall–Kier alpha value is -4.12. The monoisotopic (exact) mass is 442 g/mol. The van der Waals surface area contributed by atoms with E-state index in [0.717, 1.165) is 35.1 Å². The molecule has 0 aliphatic heterocycles. The fraction of sp³-hybridized carbons (Fsp3) is 0.143. The van der Waals surface area contributed by atoms with Gasteiger partial charge in [0.15, 0.2) is 11.5 Å². The molecule has 0 saturated carbocycles. The van der Waals surface area contributed by atoms with Crippen LogP contribution in [0.25, 0.3) is 0 Å². The lowest BCUT2D eigenvalue weighted by atomic mass is 10.0. The summed E-state index contributed by atoms with van der Waals surface area (Å²) < 4.78 is 5.91. The molecule has 168 valence electrons. The summed E-state index contributed by atoms with van der Waals surface area (Å²) in [5, 5.41) is 39.3. The Bertz CT molecular complexity index is 1230. The Labute approximate surface area is 192 Å². The average Bonchev–Trinajstić information content (AvgIpc) is 2.78. The number of hydrogen-bond donors (Lipinski definition) is 4. The van der Waals surface area contributed by atoms with E-state index >= 15 is 0 Å². The fourth-order valence-electron chi connectivity index (χ4n) is 3.79. The lowest BCUT2D eigenvalue weighted by Gasteiger charge is -2.11. The molecule has 0 heterocycles. The van der Waals surface area contributed by atoms with E-state index in [9.17, 15) is 20.4 Å². The van der Waals surface area contributed by atoms with E-state index in [4.69, 9.17) is 4.74 Å². The molecule has 4 N–H and O–H groups in total. The molecule has 4 aromatic rings. The summed E-state index contributed by atoms with van der Waals surface area (Å²) in [4.78, 5) is 0. The third kappa shape index (κ3) is 6.20. The summed E-state index contributed by atoms with van der Waals surface area (Å²) in [6.07, 6.45) is 2.86. The van der Waals surface area contributed by atoms with E-state index in [1.807, 2.05) is 42.5 Å². The molecule has 0 atom stereocenters. The van der Waals surface area contributed by atoms with Crippen molar-refractivity contribution in [2.75, 3.05) is 0 Å². The van der Waals surface area contributed by atoms with Gasteiger partial charge in [0, 0.05) is 6.07 Å². The minimum absolute atomic E-state index is 0.0285. The van der Waals surface area contributed by atoms with Crippen molar-refractivity contribution in [2.24, 2.45) is 0 Å². The Morgan fingerprint density at radius 3 is 1.73 bits per heavy atom. The van der Waals surface area contributed by atoms with Crippen LogP contribution in [0.2, 0.25) is 0 Å². The van der Waals surface area contributed by atoms with Gasteiger partial charge in [0.2, 0.25) is 0 Å². The van der Waals surface area contributed by atoms with E-state index in [2.05, 4.69) is 0 Å². The van der Waals surface area contributed by atoms with Crippen molar-refractivity contribution in [3.8, 4) is 34.5 Å². The Morgan fingerprint density at radius 1 is 0.485 bits per heavy atom. The Balaban J connectivity index is 1.38. The average molecular weight is 443 g/mol. The number of hydrogen-bond acceptors (Lipinski definition) is 5. The first-order valence-electron chi connectivity index (χ1n) is 10.8. The second-order valence-corrected chi connectivity index (χ2v) is 8.08. The molecule has 0 aliphatic carbocycles. The van der Waals surface area contributed by atoms with Gasteiger partial charge in [-0.1, -0.05) is 30.3 Å². The number of aromatic hydroxyl groups is 4. The highest BCUT2D eigenvalue weighted by molar-refractivity contribution is 5.45. The van der Waals surface area contributed by atoms with E-state index in [-0.39, 0.29) is 23.0 Å². The van der Waals surface area contributed by atoms with Gasteiger partial charge in [-0.2, -0.15) is 0 Å². The predicted molar refractivity (Wildman–Crippen MR) is 127 cm³/mol. The molecule has 33 heavy (non-hydrogen) atoms. The summed E-state index contributed by atoms with van der Waals surface area (Å²) in [5.74, 6) is 1.39. The van der Waals surface area contributed by atoms with Crippen LogP contribution in [0.3, 0.4) is 0 Å². The van der Waals surface area contributed by atoms with Gasteiger partial charge >= 0.3 is 0 Å². The van der Waals surface area contributed by atoms with Crippen LogP contribution in [-0.2, 0) is 25.7 Å². The Kier molecular flexibility index (Phi) is 6.69. The van der Waals surface area contributed by atoms with Crippen LogP contribution in [0.15, 0.2) is 84.9 Å². The predicted octanol–water partition coefficient (Wildman–Crippen LogP) is 5.87. The zero-order chi connectivity index (χ0) is 23.2. The van der Waals surface area contributed by atoms with Gasteiger partial charge in [-0.3, -0.25) is 0 Å². The van der Waals surface area contributed by atoms with Crippen molar-refractivity contribution >= 4 is 0 Å². The van der Waals surface area contributed by atoms with Crippen LogP contribution in [0.1, 0.15) is 22.3 Å². The number of ether oxygens (including phenoxy) is 1. The molecule has 0 aliphatic rings. The zero-order valence-electron chi connectivity index (χ0n) is 18.1. The first-order valence-corrected chi connectivity index (χ1v) is 10.8. The first kappa shape index (κ1) is 22.1. The lowest BCUT2D eigenvalue weighted by molar-refractivity contribution is 0.410. The molecule has 4 rings (SSSR count). The van der Waals surface area contributed by atoms with E-state index in [1.54, 1.807) is 36.4 Å². The first-order chi connectivity index (χ1) is 15.9. The van der Waals surface area contributed by atoms with Gasteiger partial charge in [-0.05, 0) is 96.5 Å². The normalized spacial score (nSPS) is 10.8. The molecule has 0 radical (unpaired) electrons. The molecule has 0 bridgehead atoms. The second-order valence-electron chi connectivity index (χ2n) is 8.08. The summed E-state index contributed by atoms with van der Waals surface area (Å²) >= 11 is 0. The van der Waals surface area contributed by atoms with Crippen molar-refractivity contribution in [2.45, 2.75) is 25.7 Å². The van der Waals surface area contributed by atoms with Gasteiger partial charge in [-0.25, -0.2) is 0 Å². The van der Waals surface area contributed by atoms with Crippen LogP contribution < -0.4 is 4.74 Å². The number of aryl methyl sites for hydroxylation is 4. The van der Waals surface area contributed by atoms with Gasteiger partial charge < -0.3 is 25.2 Å². The maximum atomic E-state index is 10.5. The van der Waals surface area contributed by atoms with Crippen molar-refractivity contribution in [3.05, 3.63) is 107 Å². The molecule has 0 unspecified atom stereocenters. The maximum absolute atomic E-state index is 10.5. The zero-order valence-corrected chi connectivity index (χ0v) is 18.1. The summed E-state index contributed by atoms with van der Waals surface area (Å²) in [7, 11) is 0. The summed E-state index contributed by atoms with van der Waals surface area (Å²) in [6, 6.07) is 24.8. The molecule has 5 heteroatoms. The van der Waals surface area contributed by atoms with E-state index < -0.39 is 0 Å². The Morgan fingerprint density at radius 2 is 1.06 bits per heavy atom. The van der Waals surface area contributed by atoms with Crippen molar-refractivity contribution < 1.29 is 25.2 Å². The highest BCUT2D eigenvalue weighted by Gasteiger charge is 2.08. The standard InChI is InChI=1S/C28H26O5/c29-23-5-1-3-19(13-23)7-8-20-4-2-6-26(16-20)33-28-12-11-21(17-27(28)32)9-10-22-14-24(30)18-25(31)15-22/h1-6,11-18,29-32H,7-10H2. The molecule has 0 spiro atoms. The van der Waals surface area contributed by atoms with E-state index in [1.165, 1.54) is 6.07 Å². The quantitative estimate of drug-likeness (QED) is 0.274. The van der Waals surface area contributed by atoms with Gasteiger partial charge in [0.25, 0.3) is 0 Å². The highest BCUT2D eigenvalue weighted by Crippen LogP contribution is 2.32. The maximum Gasteiger partial charge on any atom is 0.169 e. The minimum Gasteiger partial charge on any atom is -0.508 e. The van der Waals surface area contributed by atoms with Crippen LogP contribution in [-0.4, -0.2) is 20.4 Å². The summed E-state index contributed by atoms with van der Waals surface area (Å²) in [6.45, 7) is 0. The lowest BCUT2D eigenvalue weighted by Crippen LogP contribution is -1.94. The molecular formula is C28H26O5. The number of benzene rings is 4. The van der Waals surface area contributed by atoms with Crippen molar-refractivity contribution in [1.82, 2.24) is 0 Å². The molecular weight excluding hydrogens is 416 g/mol. The topological polar surface area (TPSA) is 90.2 Å². The molecule has 0 amide bonds. The van der Waals surface area contributed by atoms with Crippen LogP contribution in [0.5, 0.6) is 34.5 Å². The van der Waals surface area contributed by atoms with Gasteiger partial charge in [0.1, 0.15) is 23.0 Å². The molecule has 0 fully saturated rings. The number of phenolic OH excluding ortho intramolecular Hbond substituents is 4. The van der Waals surface area contributed by atoms with Crippen molar-refractivity contribution in [1.29, 1.82) is 0 Å². The molecule has 5 nitrogen and oxygen atoms in total. The van der Waals surface area contributed by atoms with Crippen LogP contribution in [0, 0.1) is 0 Å². The van der Waals surface area contributed by atoms with Gasteiger partial charge in [-0.15, -0.1) is 0 Å². The third-order valence-corrected chi connectivity index (χ3v) is 5.43. The summed E-state index contributed by atoms with van der Waals surface area (Å²) in [5.41, 5.74) is 3.90. The highest BCUT2D eigenvalue weighted by atomic mass is 16.5. The van der Waals surface area contributed by atoms with E-state index in [0.29, 0.717) is 24.3 Å². The minimum atomic E-state index is 0.0285. The fourth-order valence-corrected chi connectivity index (χ4v) is 3.79. The second kappa shape index (κ2) is 10.0. The number of rotatable bonds is 8. The van der Waals surface area contributed by atoms with Gasteiger partial charge in [0.05, 0.1) is 0 Å². The largest absolute Gasteiger partial charge is 0.508 e. The molecule has 4 aromatic carbocycles. The SMILES string of the molecule is Oc1cccc(CCc2cccc(Oc3ccc(CCc4cc(O)cc(O)c4)cc3O)c2)c1. The number of phenols is 4. The van der Waals surface area contributed by atoms with Crippen LogP contribution in [0.4, 0.5) is 0 Å². The smallest absolute Gasteiger partial charge is 0.169 e. The molecule has 0 saturated heterocycles.